The van der Waals surface area contributed by atoms with E-state index in [1.54, 1.807) is 4.68 Å². The Labute approximate surface area is 174 Å². The van der Waals surface area contributed by atoms with Crippen molar-refractivity contribution in [1.29, 1.82) is 0 Å². The molecule has 3 heterocycles. The van der Waals surface area contributed by atoms with Gasteiger partial charge >= 0.3 is 0 Å². The maximum Gasteiger partial charge on any atom is 0.227 e. The lowest BCUT2D eigenvalue weighted by molar-refractivity contribution is -0.137. The first kappa shape index (κ1) is 22.7. The zero-order valence-electron chi connectivity index (χ0n) is 17.4. The van der Waals surface area contributed by atoms with Crippen LogP contribution < -0.4 is 10.6 Å². The number of aryl methyl sites for hydroxylation is 1. The summed E-state index contributed by atoms with van der Waals surface area (Å²) in [5.41, 5.74) is 0.753. The minimum Gasteiger partial charge on any atom is -0.355 e. The molecule has 0 radical (unpaired) electrons. The maximum absolute atomic E-state index is 13.2. The first-order chi connectivity index (χ1) is 12.8. The van der Waals surface area contributed by atoms with E-state index in [1.165, 1.54) is 0 Å². The Morgan fingerprint density at radius 3 is 2.71 bits per heavy atom. The molecule has 2 aliphatic rings. The van der Waals surface area contributed by atoms with Gasteiger partial charge in [0.25, 0.3) is 0 Å². The molecule has 3 rings (SSSR count). The van der Waals surface area contributed by atoms with Crippen molar-refractivity contribution in [2.45, 2.75) is 39.5 Å². The molecule has 2 N–H and O–H groups in total. The van der Waals surface area contributed by atoms with E-state index in [4.69, 9.17) is 0 Å². The molecule has 7 nitrogen and oxygen atoms in total. The fourth-order valence-electron chi connectivity index (χ4n) is 4.09. The second-order valence-electron chi connectivity index (χ2n) is 9.07. The van der Waals surface area contributed by atoms with E-state index < -0.39 is 0 Å². The Bertz CT molecular complexity index is 684. The van der Waals surface area contributed by atoms with Gasteiger partial charge < -0.3 is 15.5 Å². The fraction of sp³-hybridized carbons (Fsp3) is 0.750. The molecule has 2 amide bonds. The molecular formula is C20H34ClN5O2. The van der Waals surface area contributed by atoms with Crippen molar-refractivity contribution in [1.82, 2.24) is 25.3 Å². The zero-order valence-corrected chi connectivity index (χ0v) is 18.2. The lowest BCUT2D eigenvalue weighted by atomic mass is 9.88. The maximum atomic E-state index is 13.2. The summed E-state index contributed by atoms with van der Waals surface area (Å²) in [6, 6.07) is 0. The van der Waals surface area contributed by atoms with Gasteiger partial charge in [-0.3, -0.25) is 14.3 Å². The molecule has 28 heavy (non-hydrogen) atoms. The standard InChI is InChI=1S/C20H33N5O2.ClH/c1-20(2,3)19(27)22-8-14-6-5-7-25(12-14)18(26)17-11-21-10-16(17)15-9-23-24(4)13-15;/h9,13-14,16-17,21H,5-8,10-12H2,1-4H3,(H,22,27);1H/t14?,16-,17+;/m1./s1. The van der Waals surface area contributed by atoms with Gasteiger partial charge in [-0.15, -0.1) is 12.4 Å². The van der Waals surface area contributed by atoms with Gasteiger partial charge in [-0.05, 0) is 24.3 Å². The molecule has 0 aromatic carbocycles. The van der Waals surface area contributed by atoms with E-state index in [0.717, 1.165) is 44.6 Å². The number of likely N-dealkylation sites (tertiary alicyclic amines) is 1. The lowest BCUT2D eigenvalue weighted by Gasteiger charge is -2.35. The molecule has 2 saturated heterocycles. The Kier molecular flexibility index (Phi) is 7.51. The van der Waals surface area contributed by atoms with Crippen LogP contribution in [0.25, 0.3) is 0 Å². The number of hydrogen-bond donors (Lipinski definition) is 2. The van der Waals surface area contributed by atoms with Gasteiger partial charge in [-0.2, -0.15) is 5.10 Å². The summed E-state index contributed by atoms with van der Waals surface area (Å²) < 4.78 is 1.80. The number of nitrogens with one attached hydrogen (secondary N) is 2. The Balaban J connectivity index is 0.00000280. The third-order valence-electron chi connectivity index (χ3n) is 5.75. The van der Waals surface area contributed by atoms with Crippen LogP contribution >= 0.6 is 12.4 Å². The van der Waals surface area contributed by atoms with Gasteiger partial charge in [-0.1, -0.05) is 20.8 Å². The molecule has 158 valence electrons. The van der Waals surface area contributed by atoms with E-state index >= 15 is 0 Å². The SMILES string of the molecule is Cl.Cn1cc([C@H]2CNC[C@@H]2C(=O)N2CCCC(CNC(=O)C(C)(C)C)C2)cn1. The van der Waals surface area contributed by atoms with Crippen molar-refractivity contribution in [3.05, 3.63) is 18.0 Å². The molecule has 2 aliphatic heterocycles. The van der Waals surface area contributed by atoms with Gasteiger partial charge in [0, 0.05) is 57.3 Å². The smallest absolute Gasteiger partial charge is 0.227 e. The second-order valence-corrected chi connectivity index (χ2v) is 9.07. The molecule has 1 aromatic heterocycles. The highest BCUT2D eigenvalue weighted by molar-refractivity contribution is 5.85. The van der Waals surface area contributed by atoms with Gasteiger partial charge in [0.15, 0.2) is 0 Å². The topological polar surface area (TPSA) is 79.3 Å². The third kappa shape index (κ3) is 5.26. The summed E-state index contributed by atoms with van der Waals surface area (Å²) in [4.78, 5) is 27.3. The number of aromatic nitrogens is 2. The van der Waals surface area contributed by atoms with Crippen molar-refractivity contribution >= 4 is 24.2 Å². The Morgan fingerprint density at radius 1 is 1.32 bits per heavy atom. The number of carbonyl (C=O) groups excluding carboxylic acids is 2. The molecule has 0 saturated carbocycles. The zero-order chi connectivity index (χ0) is 19.6. The van der Waals surface area contributed by atoms with Crippen molar-refractivity contribution in [2.24, 2.45) is 24.3 Å². The van der Waals surface area contributed by atoms with E-state index in [9.17, 15) is 9.59 Å². The van der Waals surface area contributed by atoms with Crippen LogP contribution in [0, 0.1) is 17.3 Å². The largest absolute Gasteiger partial charge is 0.355 e. The molecular weight excluding hydrogens is 378 g/mol. The highest BCUT2D eigenvalue weighted by atomic mass is 35.5. The highest BCUT2D eigenvalue weighted by Crippen LogP contribution is 2.30. The first-order valence-electron chi connectivity index (χ1n) is 10.0. The first-order valence-corrected chi connectivity index (χ1v) is 10.0. The van der Waals surface area contributed by atoms with Crippen LogP contribution in [0.2, 0.25) is 0 Å². The molecule has 0 bridgehead atoms. The van der Waals surface area contributed by atoms with Crippen LogP contribution in [-0.4, -0.2) is 59.2 Å². The van der Waals surface area contributed by atoms with Crippen LogP contribution in [0.1, 0.15) is 45.1 Å². The number of piperidine rings is 1. The molecule has 8 heteroatoms. The van der Waals surface area contributed by atoms with Gasteiger partial charge in [0.2, 0.25) is 11.8 Å². The summed E-state index contributed by atoms with van der Waals surface area (Å²) in [7, 11) is 1.91. The van der Waals surface area contributed by atoms with Crippen LogP contribution in [-0.2, 0) is 16.6 Å². The fourth-order valence-corrected chi connectivity index (χ4v) is 4.09. The summed E-state index contributed by atoms with van der Waals surface area (Å²) in [5, 5.41) is 10.7. The van der Waals surface area contributed by atoms with Crippen molar-refractivity contribution < 1.29 is 9.59 Å². The van der Waals surface area contributed by atoms with Gasteiger partial charge in [-0.25, -0.2) is 0 Å². The van der Waals surface area contributed by atoms with Gasteiger partial charge in [0.1, 0.15) is 0 Å². The van der Waals surface area contributed by atoms with Crippen molar-refractivity contribution in [3.8, 4) is 0 Å². The van der Waals surface area contributed by atoms with E-state index in [2.05, 4.69) is 15.7 Å². The minimum absolute atomic E-state index is 0. The molecule has 1 aromatic rings. The molecule has 3 atom stereocenters. The second kappa shape index (κ2) is 9.27. The van der Waals surface area contributed by atoms with E-state index in [0.29, 0.717) is 12.5 Å². The summed E-state index contributed by atoms with van der Waals surface area (Å²) >= 11 is 0. The monoisotopic (exact) mass is 411 g/mol. The minimum atomic E-state index is -0.378. The quantitative estimate of drug-likeness (QED) is 0.787. The van der Waals surface area contributed by atoms with E-state index in [1.807, 2.05) is 45.1 Å². The van der Waals surface area contributed by atoms with Crippen molar-refractivity contribution in [3.63, 3.8) is 0 Å². The van der Waals surface area contributed by atoms with Crippen LogP contribution in [0.3, 0.4) is 0 Å². The normalized spacial score (nSPS) is 25.3. The average Bonchev–Trinajstić information content (AvgIpc) is 3.27. The third-order valence-corrected chi connectivity index (χ3v) is 5.75. The molecule has 0 spiro atoms. The molecule has 1 unspecified atom stereocenters. The number of halogens is 1. The number of nitrogens with zero attached hydrogens (tertiary/aromatic N) is 3. The molecule has 2 fully saturated rings. The Hall–Kier alpha value is -1.60. The van der Waals surface area contributed by atoms with Crippen LogP contribution in [0.5, 0.6) is 0 Å². The lowest BCUT2D eigenvalue weighted by Crippen LogP contribution is -2.47. The average molecular weight is 412 g/mol. The summed E-state index contributed by atoms with van der Waals surface area (Å²) in [6.07, 6.45) is 5.95. The summed E-state index contributed by atoms with van der Waals surface area (Å²) in [5.74, 6) is 0.799. The van der Waals surface area contributed by atoms with Crippen LogP contribution in [0.15, 0.2) is 12.4 Å². The predicted molar refractivity (Wildman–Crippen MR) is 111 cm³/mol. The number of hydrogen-bond acceptors (Lipinski definition) is 4. The van der Waals surface area contributed by atoms with Crippen LogP contribution in [0.4, 0.5) is 0 Å². The predicted octanol–water partition coefficient (Wildman–Crippen LogP) is 1.55. The number of rotatable bonds is 4. The summed E-state index contributed by atoms with van der Waals surface area (Å²) in [6.45, 7) is 9.51. The van der Waals surface area contributed by atoms with Crippen molar-refractivity contribution in [2.75, 3.05) is 32.7 Å². The van der Waals surface area contributed by atoms with Gasteiger partial charge in [0.05, 0.1) is 12.1 Å². The number of amides is 2. The highest BCUT2D eigenvalue weighted by Gasteiger charge is 2.38. The number of carbonyl (C=O) groups is 2. The van der Waals surface area contributed by atoms with E-state index in [-0.39, 0.29) is 41.5 Å². The Morgan fingerprint density at radius 2 is 2.07 bits per heavy atom. The molecule has 0 aliphatic carbocycles.